The van der Waals surface area contributed by atoms with Gasteiger partial charge in [-0.2, -0.15) is 0 Å². The van der Waals surface area contributed by atoms with Crippen molar-refractivity contribution in [1.82, 2.24) is 0 Å². The Morgan fingerprint density at radius 3 is 2.57 bits per heavy atom. The third-order valence-corrected chi connectivity index (χ3v) is 3.05. The monoisotopic (exact) mass is 305 g/mol. The smallest absolute Gasteiger partial charge is 0.337 e. The molecule has 21 heavy (non-hydrogen) atoms. The molecule has 4 nitrogen and oxygen atoms in total. The molecule has 0 saturated carbocycles. The summed E-state index contributed by atoms with van der Waals surface area (Å²) in [7, 11) is 0. The number of anilines is 2. The molecule has 2 aromatic carbocycles. The summed E-state index contributed by atoms with van der Waals surface area (Å²) in [5.74, 6) is -0.236. The molecule has 2 aromatic rings. The van der Waals surface area contributed by atoms with Crippen LogP contribution >= 0.6 is 11.6 Å². The fraction of sp³-hybridized carbons (Fsp3) is 0.188. The first-order chi connectivity index (χ1) is 10.1. The lowest BCUT2D eigenvalue weighted by Crippen LogP contribution is -2.02. The van der Waals surface area contributed by atoms with Crippen LogP contribution in [-0.4, -0.2) is 17.7 Å². The Morgan fingerprint density at radius 1 is 1.24 bits per heavy atom. The number of halogens is 1. The highest BCUT2D eigenvalue weighted by Crippen LogP contribution is 2.25. The predicted molar refractivity (Wildman–Crippen MR) is 83.9 cm³/mol. The van der Waals surface area contributed by atoms with Gasteiger partial charge in [0.05, 0.1) is 17.9 Å². The molecule has 0 atom stereocenters. The summed E-state index contributed by atoms with van der Waals surface area (Å²) in [6, 6.07) is 12.1. The van der Waals surface area contributed by atoms with E-state index in [-0.39, 0.29) is 5.56 Å². The van der Waals surface area contributed by atoms with E-state index < -0.39 is 5.97 Å². The lowest BCUT2D eigenvalue weighted by molar-refractivity contribution is 0.0698. The average molecular weight is 306 g/mol. The molecule has 5 heteroatoms. The first-order valence-electron chi connectivity index (χ1n) is 6.63. The van der Waals surface area contributed by atoms with Crippen LogP contribution in [0.2, 0.25) is 5.02 Å². The van der Waals surface area contributed by atoms with Crippen LogP contribution in [0.25, 0.3) is 0 Å². The molecule has 0 heterocycles. The second-order valence-electron chi connectivity index (χ2n) is 4.49. The fourth-order valence-electron chi connectivity index (χ4n) is 1.81. The maximum atomic E-state index is 11.2. The fourth-order valence-corrected chi connectivity index (χ4v) is 1.98. The first-order valence-corrected chi connectivity index (χ1v) is 7.00. The molecular weight excluding hydrogens is 290 g/mol. The van der Waals surface area contributed by atoms with Gasteiger partial charge in [0.2, 0.25) is 0 Å². The van der Waals surface area contributed by atoms with Gasteiger partial charge in [0.25, 0.3) is 0 Å². The highest BCUT2D eigenvalue weighted by Gasteiger charge is 2.10. The van der Waals surface area contributed by atoms with Gasteiger partial charge in [-0.15, -0.1) is 0 Å². The zero-order valence-corrected chi connectivity index (χ0v) is 12.4. The summed E-state index contributed by atoms with van der Waals surface area (Å²) >= 11 is 5.83. The highest BCUT2D eigenvalue weighted by atomic mass is 35.5. The summed E-state index contributed by atoms with van der Waals surface area (Å²) in [6.45, 7) is 2.72. The maximum absolute atomic E-state index is 11.2. The van der Waals surface area contributed by atoms with Gasteiger partial charge in [-0.05, 0) is 48.9 Å². The number of carboxylic acid groups (broad SMARTS) is 1. The number of hydrogen-bond acceptors (Lipinski definition) is 3. The highest BCUT2D eigenvalue weighted by molar-refractivity contribution is 6.31. The normalized spacial score (nSPS) is 10.2. The van der Waals surface area contributed by atoms with Crippen molar-refractivity contribution in [3.8, 4) is 5.75 Å². The number of rotatable bonds is 6. The van der Waals surface area contributed by atoms with Crippen LogP contribution in [-0.2, 0) is 0 Å². The van der Waals surface area contributed by atoms with Crippen molar-refractivity contribution in [2.45, 2.75) is 13.3 Å². The number of carbonyl (C=O) groups is 1. The van der Waals surface area contributed by atoms with Crippen molar-refractivity contribution in [1.29, 1.82) is 0 Å². The van der Waals surface area contributed by atoms with Gasteiger partial charge < -0.3 is 15.2 Å². The summed E-state index contributed by atoms with van der Waals surface area (Å²) < 4.78 is 5.50. The molecular formula is C16H16ClNO3. The molecule has 0 aliphatic heterocycles. The van der Waals surface area contributed by atoms with Gasteiger partial charge in [-0.3, -0.25) is 0 Å². The summed E-state index contributed by atoms with van der Waals surface area (Å²) in [6.07, 6.45) is 0.951. The Labute approximate surface area is 128 Å². The van der Waals surface area contributed by atoms with E-state index in [1.165, 1.54) is 6.07 Å². The Kier molecular flexibility index (Phi) is 5.06. The van der Waals surface area contributed by atoms with E-state index in [9.17, 15) is 9.90 Å². The largest absolute Gasteiger partial charge is 0.494 e. The van der Waals surface area contributed by atoms with E-state index in [0.29, 0.717) is 17.3 Å². The van der Waals surface area contributed by atoms with E-state index in [0.717, 1.165) is 17.9 Å². The molecule has 2 rings (SSSR count). The van der Waals surface area contributed by atoms with Crippen molar-refractivity contribution in [2.24, 2.45) is 0 Å². The van der Waals surface area contributed by atoms with Gasteiger partial charge in [0, 0.05) is 10.7 Å². The molecule has 110 valence electrons. The number of ether oxygens (including phenoxy) is 1. The van der Waals surface area contributed by atoms with Crippen LogP contribution in [0.3, 0.4) is 0 Å². The van der Waals surface area contributed by atoms with Gasteiger partial charge in [-0.25, -0.2) is 4.79 Å². The van der Waals surface area contributed by atoms with Crippen molar-refractivity contribution in [2.75, 3.05) is 11.9 Å². The van der Waals surface area contributed by atoms with Crippen LogP contribution in [0, 0.1) is 0 Å². The zero-order chi connectivity index (χ0) is 15.2. The van der Waals surface area contributed by atoms with Crippen molar-refractivity contribution in [3.63, 3.8) is 0 Å². The molecule has 2 N–H and O–H groups in total. The minimum atomic E-state index is -1.03. The van der Waals surface area contributed by atoms with Crippen LogP contribution in [0.15, 0.2) is 42.5 Å². The molecule has 0 aliphatic rings. The first kappa shape index (κ1) is 15.2. The Bertz CT molecular complexity index is 626. The minimum absolute atomic E-state index is 0.133. The number of carboxylic acids is 1. The predicted octanol–water partition coefficient (Wildman–Crippen LogP) is 4.57. The molecule has 0 aliphatic carbocycles. The average Bonchev–Trinajstić information content (AvgIpc) is 2.48. The van der Waals surface area contributed by atoms with E-state index >= 15 is 0 Å². The Hall–Kier alpha value is -2.20. The van der Waals surface area contributed by atoms with E-state index in [1.54, 1.807) is 12.1 Å². The summed E-state index contributed by atoms with van der Waals surface area (Å²) in [5, 5.41) is 12.7. The van der Waals surface area contributed by atoms with E-state index in [1.807, 2.05) is 31.2 Å². The standard InChI is InChI=1S/C16H16ClNO3/c1-2-9-21-13-6-4-12(5-7-13)18-15-8-3-11(17)10-14(15)16(19)20/h3-8,10,18H,2,9H2,1H3,(H,19,20). The Balaban J connectivity index is 2.16. The van der Waals surface area contributed by atoms with Crippen molar-refractivity contribution >= 4 is 28.9 Å². The second kappa shape index (κ2) is 6.99. The number of benzene rings is 2. The quantitative estimate of drug-likeness (QED) is 0.820. The topological polar surface area (TPSA) is 58.6 Å². The van der Waals surface area contributed by atoms with Crippen LogP contribution in [0.1, 0.15) is 23.7 Å². The molecule has 0 unspecified atom stereocenters. The molecule has 0 fully saturated rings. The molecule has 0 bridgehead atoms. The van der Waals surface area contributed by atoms with E-state index in [4.69, 9.17) is 16.3 Å². The maximum Gasteiger partial charge on any atom is 0.337 e. The van der Waals surface area contributed by atoms with E-state index in [2.05, 4.69) is 5.32 Å². The number of aromatic carboxylic acids is 1. The molecule has 0 radical (unpaired) electrons. The van der Waals surface area contributed by atoms with Gasteiger partial charge in [-0.1, -0.05) is 18.5 Å². The van der Waals surface area contributed by atoms with Gasteiger partial charge in [0.1, 0.15) is 5.75 Å². The SMILES string of the molecule is CCCOc1ccc(Nc2ccc(Cl)cc2C(=O)O)cc1. The van der Waals surface area contributed by atoms with Crippen LogP contribution in [0.4, 0.5) is 11.4 Å². The third-order valence-electron chi connectivity index (χ3n) is 2.82. The lowest BCUT2D eigenvalue weighted by Gasteiger charge is -2.11. The summed E-state index contributed by atoms with van der Waals surface area (Å²) in [4.78, 5) is 11.2. The van der Waals surface area contributed by atoms with Crippen molar-refractivity contribution in [3.05, 3.63) is 53.1 Å². The molecule has 0 aromatic heterocycles. The zero-order valence-electron chi connectivity index (χ0n) is 11.6. The second-order valence-corrected chi connectivity index (χ2v) is 4.93. The summed E-state index contributed by atoms with van der Waals surface area (Å²) in [5.41, 5.74) is 1.41. The third kappa shape index (κ3) is 4.13. The molecule has 0 spiro atoms. The minimum Gasteiger partial charge on any atom is -0.494 e. The van der Waals surface area contributed by atoms with Gasteiger partial charge in [0.15, 0.2) is 0 Å². The number of hydrogen-bond donors (Lipinski definition) is 2. The molecule has 0 saturated heterocycles. The van der Waals surface area contributed by atoms with Crippen LogP contribution < -0.4 is 10.1 Å². The van der Waals surface area contributed by atoms with Crippen molar-refractivity contribution < 1.29 is 14.6 Å². The molecule has 0 amide bonds. The number of nitrogens with one attached hydrogen (secondary N) is 1. The Morgan fingerprint density at radius 2 is 1.95 bits per heavy atom. The van der Waals surface area contributed by atoms with Crippen LogP contribution in [0.5, 0.6) is 5.75 Å². The lowest BCUT2D eigenvalue weighted by atomic mass is 10.1. The van der Waals surface area contributed by atoms with Gasteiger partial charge >= 0.3 is 5.97 Å².